The van der Waals surface area contributed by atoms with Crippen molar-refractivity contribution in [2.75, 3.05) is 0 Å². The van der Waals surface area contributed by atoms with E-state index in [1.807, 2.05) is 0 Å². The molecule has 0 N–H and O–H groups in total. The van der Waals surface area contributed by atoms with E-state index in [1.54, 1.807) is 34.9 Å². The molecule has 0 saturated carbocycles. The van der Waals surface area contributed by atoms with E-state index in [2.05, 4.69) is 11.3 Å². The Labute approximate surface area is 140 Å². The Morgan fingerprint density at radius 1 is 1.14 bits per heavy atom. The number of hydrogen-bond acceptors (Lipinski definition) is 5. The molecule has 0 fully saturated rings. The normalized spacial score (nSPS) is 10.6. The van der Waals surface area contributed by atoms with Crippen molar-refractivity contribution < 1.29 is 29.4 Å². The largest absolute Gasteiger partial charge is 0.550 e. The van der Waals surface area contributed by atoms with Gasteiger partial charge in [0.1, 0.15) is 0 Å². The molecule has 0 spiro atoms. The molecule has 0 saturated heterocycles. The van der Waals surface area contributed by atoms with Crippen LogP contribution in [0.4, 0.5) is 0 Å². The van der Waals surface area contributed by atoms with Crippen LogP contribution in [0.15, 0.2) is 9.59 Å². The quantitative estimate of drug-likeness (QED) is 0.536. The summed E-state index contributed by atoms with van der Waals surface area (Å²) in [6.07, 6.45) is 2.61. The minimum absolute atomic E-state index is 0. The van der Waals surface area contributed by atoms with Crippen LogP contribution in [-0.2, 0) is 45.4 Å². The van der Waals surface area contributed by atoms with E-state index < -0.39 is 11.4 Å². The average Bonchev–Trinajstić information content (AvgIpc) is 2.75. The summed E-state index contributed by atoms with van der Waals surface area (Å²) < 4.78 is 3.86. The molecule has 9 heteroatoms. The van der Waals surface area contributed by atoms with Gasteiger partial charge < -0.3 is 14.5 Å². The first kappa shape index (κ1) is 20.2. The third-order valence-electron chi connectivity index (χ3n) is 2.86. The Morgan fingerprint density at radius 3 is 2.00 bits per heavy atom. The molecule has 2 aromatic rings. The molecule has 0 unspecified atom stereocenters. The van der Waals surface area contributed by atoms with Gasteiger partial charge in [0.15, 0.2) is 17.5 Å². The zero-order chi connectivity index (χ0) is 16.5. The molecule has 0 aromatic carbocycles. The molecular formula is C13H18N4O4Zn-. The molecule has 22 heavy (non-hydrogen) atoms. The molecule has 2 rings (SSSR count). The van der Waals surface area contributed by atoms with Crippen molar-refractivity contribution in [1.29, 1.82) is 0 Å². The summed E-state index contributed by atoms with van der Waals surface area (Å²) in [5, 5.41) is 9.91. The van der Waals surface area contributed by atoms with Crippen molar-refractivity contribution >= 4 is 17.1 Å². The number of carbonyl (C=O) groups excluding carboxylic acids is 1. The van der Waals surface area contributed by atoms with E-state index in [-0.39, 0.29) is 30.7 Å². The molecular weight excluding hydrogens is 342 g/mol. The van der Waals surface area contributed by atoms with Gasteiger partial charge in [-0.3, -0.25) is 13.9 Å². The minimum atomic E-state index is -1.01. The molecule has 0 aliphatic carbocycles. The third kappa shape index (κ3) is 3.91. The van der Waals surface area contributed by atoms with Crippen LogP contribution >= 0.6 is 0 Å². The molecule has 8 nitrogen and oxygen atoms in total. The van der Waals surface area contributed by atoms with E-state index in [1.165, 1.54) is 16.2 Å². The molecule has 2 heterocycles. The maximum atomic E-state index is 11.7. The van der Waals surface area contributed by atoms with Gasteiger partial charge in [0.2, 0.25) is 0 Å². The van der Waals surface area contributed by atoms with E-state index in [0.29, 0.717) is 11.2 Å². The van der Waals surface area contributed by atoms with Crippen molar-refractivity contribution in [2.45, 2.75) is 20.8 Å². The van der Waals surface area contributed by atoms with Crippen molar-refractivity contribution in [1.82, 2.24) is 18.7 Å². The first-order valence-electron chi connectivity index (χ1n) is 6.20. The maximum absolute atomic E-state index is 11.7. The second-order valence-corrected chi connectivity index (χ2v) is 5.69. The van der Waals surface area contributed by atoms with Crippen LogP contribution in [0.3, 0.4) is 0 Å². The summed E-state index contributed by atoms with van der Waals surface area (Å²) in [5.41, 5.74) is -0.677. The molecule has 2 aromatic heterocycles. The van der Waals surface area contributed by atoms with Gasteiger partial charge in [-0.15, -0.1) is 0 Å². The monoisotopic (exact) mass is 358 g/mol. The number of aryl methyl sites for hydroxylation is 2. The maximum Gasteiger partial charge on any atom is 0.332 e. The van der Waals surface area contributed by atoms with Crippen LogP contribution in [-0.4, -0.2) is 24.7 Å². The number of carboxylic acids is 1. The number of aliphatic carboxylic acids is 1. The second kappa shape index (κ2) is 7.00. The number of carbonyl (C=O) groups is 1. The fourth-order valence-electron chi connectivity index (χ4n) is 1.41. The Kier molecular flexibility index (Phi) is 6.44. The van der Waals surface area contributed by atoms with Crippen molar-refractivity contribution in [2.24, 2.45) is 26.6 Å². The molecule has 0 atom stereocenters. The number of imidazole rings is 1. The Bertz CT molecular complexity index is 795. The summed E-state index contributed by atoms with van der Waals surface area (Å²) in [5.74, 6) is -1.01. The number of aromatic nitrogens is 4. The fraction of sp³-hybridized carbons (Fsp3) is 0.538. The third-order valence-corrected chi connectivity index (χ3v) is 2.86. The van der Waals surface area contributed by atoms with E-state index in [9.17, 15) is 19.5 Å². The first-order chi connectivity index (χ1) is 9.48. The van der Waals surface area contributed by atoms with Gasteiger partial charge in [-0.2, -0.15) is 0 Å². The van der Waals surface area contributed by atoms with Crippen molar-refractivity contribution in [3.63, 3.8) is 0 Å². The van der Waals surface area contributed by atoms with Crippen molar-refractivity contribution in [3.8, 4) is 0 Å². The predicted octanol–water partition coefficient (Wildman–Crippen LogP) is -1.45. The molecule has 0 amide bonds. The van der Waals surface area contributed by atoms with Crippen LogP contribution in [0.1, 0.15) is 20.8 Å². The Balaban J connectivity index is 0.000000478. The first-order valence-corrected chi connectivity index (χ1v) is 6.20. The zero-order valence-corrected chi connectivity index (χ0v) is 16.6. The molecule has 117 valence electrons. The van der Waals surface area contributed by atoms with Gasteiger partial charge in [0, 0.05) is 52.0 Å². The summed E-state index contributed by atoms with van der Waals surface area (Å²) in [7, 11) is 4.68. The smallest absolute Gasteiger partial charge is 0.332 e. The SMILES string of the molecule is CC(C)(C)C(=O)[O-].Cn1c(=O)c2c(n[c]n2C)n(C)c1=O.[Zn]. The number of rotatable bonds is 0. The summed E-state index contributed by atoms with van der Waals surface area (Å²) in [6.45, 7) is 4.80. The van der Waals surface area contributed by atoms with Gasteiger partial charge in [0.25, 0.3) is 5.56 Å². The van der Waals surface area contributed by atoms with Crippen LogP contribution in [0.2, 0.25) is 0 Å². The molecule has 0 bridgehead atoms. The van der Waals surface area contributed by atoms with Crippen LogP contribution in [0.25, 0.3) is 11.2 Å². The molecule has 0 aliphatic heterocycles. The minimum Gasteiger partial charge on any atom is -0.550 e. The zero-order valence-electron chi connectivity index (χ0n) is 13.6. The number of carboxylic acid groups (broad SMARTS) is 1. The standard InChI is InChI=1S/C8H9N4O2.C5H10O2.Zn/c1-10-4-9-6-5(10)7(13)12(3)8(14)11(6)2;1-5(2,3)4(6)7;/h1-3H3;1-3H3,(H,6,7);/p-1. The van der Waals surface area contributed by atoms with Crippen LogP contribution in [0.5, 0.6) is 0 Å². The Morgan fingerprint density at radius 2 is 1.59 bits per heavy atom. The van der Waals surface area contributed by atoms with Gasteiger partial charge in [0.05, 0.1) is 0 Å². The fourth-order valence-corrected chi connectivity index (χ4v) is 1.41. The summed E-state index contributed by atoms with van der Waals surface area (Å²) in [4.78, 5) is 36.9. The second-order valence-electron chi connectivity index (χ2n) is 5.69. The predicted molar refractivity (Wildman–Crippen MR) is 74.5 cm³/mol. The van der Waals surface area contributed by atoms with Gasteiger partial charge in [-0.1, -0.05) is 20.8 Å². The molecule has 1 radical (unpaired) electrons. The van der Waals surface area contributed by atoms with Crippen molar-refractivity contribution in [3.05, 3.63) is 27.2 Å². The van der Waals surface area contributed by atoms with E-state index in [4.69, 9.17) is 0 Å². The van der Waals surface area contributed by atoms with Gasteiger partial charge >= 0.3 is 5.69 Å². The number of fused-ring (bicyclic) bond motifs is 1. The Hall–Kier alpha value is -1.76. The topological polar surface area (TPSA) is 102 Å². The van der Waals surface area contributed by atoms with E-state index in [0.717, 1.165) is 4.57 Å². The van der Waals surface area contributed by atoms with Gasteiger partial charge in [-0.05, 0) is 0 Å². The summed E-state index contributed by atoms with van der Waals surface area (Å²) >= 11 is 0. The summed E-state index contributed by atoms with van der Waals surface area (Å²) in [6, 6.07) is 0. The number of nitrogens with zero attached hydrogens (tertiary/aromatic N) is 4. The number of hydrogen-bond donors (Lipinski definition) is 0. The van der Waals surface area contributed by atoms with Crippen LogP contribution < -0.4 is 16.4 Å². The van der Waals surface area contributed by atoms with Gasteiger partial charge in [-0.25, -0.2) is 9.78 Å². The van der Waals surface area contributed by atoms with E-state index >= 15 is 0 Å². The molecule has 0 aliphatic rings. The average molecular weight is 360 g/mol. The van der Waals surface area contributed by atoms with Crippen LogP contribution in [0, 0.1) is 11.7 Å².